The number of ether oxygens (including phenoxy) is 2. The Morgan fingerprint density at radius 1 is 1.15 bits per heavy atom. The first-order valence-electron chi connectivity index (χ1n) is 7.43. The maximum atomic E-state index is 5.81. The Bertz CT molecular complexity index is 354. The molecule has 0 aliphatic rings. The summed E-state index contributed by atoms with van der Waals surface area (Å²) in [6.07, 6.45) is 0. The number of nitrogens with one attached hydrogen (secondary N) is 1. The highest BCUT2D eigenvalue weighted by atomic mass is 16.5. The Hall–Kier alpha value is -1.10. The zero-order valence-electron chi connectivity index (χ0n) is 13.0. The molecule has 0 spiro atoms. The molecule has 1 aromatic rings. The van der Waals surface area contributed by atoms with Crippen LogP contribution in [0.15, 0.2) is 24.3 Å². The quantitative estimate of drug-likeness (QED) is 0.630. The van der Waals surface area contributed by atoms with E-state index in [0.29, 0.717) is 0 Å². The summed E-state index contributed by atoms with van der Waals surface area (Å²) in [6, 6.07) is 8.26. The molecular formula is C16H28N2O2. The number of likely N-dealkylation sites (N-methyl/N-ethyl adjacent to an activating group) is 1. The number of benzene rings is 1. The molecule has 0 aliphatic heterocycles. The van der Waals surface area contributed by atoms with Crippen LogP contribution in [-0.4, -0.2) is 51.4 Å². The molecule has 1 N–H and O–H groups in total. The summed E-state index contributed by atoms with van der Waals surface area (Å²) >= 11 is 0. The first-order chi connectivity index (χ1) is 9.80. The molecular weight excluding hydrogens is 252 g/mol. The zero-order valence-corrected chi connectivity index (χ0v) is 13.0. The average Bonchev–Trinajstić information content (AvgIpc) is 2.49. The Labute approximate surface area is 123 Å². The second kappa shape index (κ2) is 10.7. The van der Waals surface area contributed by atoms with Crippen molar-refractivity contribution in [1.82, 2.24) is 10.2 Å². The van der Waals surface area contributed by atoms with Crippen LogP contribution in [0.2, 0.25) is 0 Å². The fourth-order valence-electron chi connectivity index (χ4n) is 1.98. The van der Waals surface area contributed by atoms with E-state index in [-0.39, 0.29) is 0 Å². The lowest BCUT2D eigenvalue weighted by Crippen LogP contribution is -2.27. The average molecular weight is 280 g/mol. The van der Waals surface area contributed by atoms with E-state index in [4.69, 9.17) is 9.47 Å². The molecule has 0 radical (unpaired) electrons. The lowest BCUT2D eigenvalue weighted by atomic mass is 10.2. The maximum absolute atomic E-state index is 5.81. The van der Waals surface area contributed by atoms with Gasteiger partial charge in [-0.1, -0.05) is 26.0 Å². The number of methoxy groups -OCH3 is 1. The molecule has 0 amide bonds. The van der Waals surface area contributed by atoms with E-state index in [9.17, 15) is 0 Å². The fraction of sp³-hybridized carbons (Fsp3) is 0.625. The lowest BCUT2D eigenvalue weighted by molar-refractivity contribution is 0.199. The summed E-state index contributed by atoms with van der Waals surface area (Å²) in [4.78, 5) is 2.36. The van der Waals surface area contributed by atoms with E-state index < -0.39 is 0 Å². The summed E-state index contributed by atoms with van der Waals surface area (Å²) < 4.78 is 10.8. The minimum Gasteiger partial charge on any atom is -0.492 e. The van der Waals surface area contributed by atoms with Crippen LogP contribution < -0.4 is 10.1 Å². The number of rotatable bonds is 11. The van der Waals surface area contributed by atoms with Crippen LogP contribution in [-0.2, 0) is 11.3 Å². The van der Waals surface area contributed by atoms with Crippen LogP contribution >= 0.6 is 0 Å². The van der Waals surface area contributed by atoms with Crippen LogP contribution in [0.4, 0.5) is 0 Å². The normalized spacial score (nSPS) is 11.0. The van der Waals surface area contributed by atoms with Crippen molar-refractivity contribution in [3.05, 3.63) is 29.8 Å². The fourth-order valence-corrected chi connectivity index (χ4v) is 1.98. The highest BCUT2D eigenvalue weighted by Crippen LogP contribution is 2.13. The summed E-state index contributed by atoms with van der Waals surface area (Å²) in [6.45, 7) is 10.7. The Morgan fingerprint density at radius 2 is 1.95 bits per heavy atom. The van der Waals surface area contributed by atoms with Gasteiger partial charge in [0.15, 0.2) is 0 Å². The van der Waals surface area contributed by atoms with Crippen LogP contribution in [0, 0.1) is 0 Å². The summed E-state index contributed by atoms with van der Waals surface area (Å²) in [7, 11) is 1.71. The molecule has 0 fully saturated rings. The van der Waals surface area contributed by atoms with Crippen molar-refractivity contribution in [3.8, 4) is 5.75 Å². The van der Waals surface area contributed by atoms with E-state index in [0.717, 1.165) is 51.7 Å². The van der Waals surface area contributed by atoms with E-state index >= 15 is 0 Å². The topological polar surface area (TPSA) is 33.7 Å². The van der Waals surface area contributed by atoms with Crippen molar-refractivity contribution in [2.24, 2.45) is 0 Å². The van der Waals surface area contributed by atoms with Gasteiger partial charge in [-0.05, 0) is 30.8 Å². The molecule has 0 saturated carbocycles. The summed E-state index contributed by atoms with van der Waals surface area (Å²) in [5.74, 6) is 0.947. The lowest BCUT2D eigenvalue weighted by Gasteiger charge is -2.18. The van der Waals surface area contributed by atoms with Gasteiger partial charge in [-0.3, -0.25) is 0 Å². The number of nitrogens with zero attached hydrogens (tertiary/aromatic N) is 1. The van der Waals surface area contributed by atoms with Crippen molar-refractivity contribution in [3.63, 3.8) is 0 Å². The highest BCUT2D eigenvalue weighted by molar-refractivity contribution is 5.28. The molecule has 4 heteroatoms. The Kier molecular flexibility index (Phi) is 9.04. The third-order valence-corrected chi connectivity index (χ3v) is 3.28. The molecule has 0 unspecified atom stereocenters. The zero-order chi connectivity index (χ0) is 14.6. The molecule has 4 nitrogen and oxygen atoms in total. The molecule has 0 aliphatic carbocycles. The monoisotopic (exact) mass is 280 g/mol. The first kappa shape index (κ1) is 17.0. The van der Waals surface area contributed by atoms with Gasteiger partial charge in [-0.2, -0.15) is 0 Å². The molecule has 20 heavy (non-hydrogen) atoms. The Morgan fingerprint density at radius 3 is 2.65 bits per heavy atom. The van der Waals surface area contributed by atoms with E-state index in [2.05, 4.69) is 36.2 Å². The van der Waals surface area contributed by atoms with Gasteiger partial charge in [-0.25, -0.2) is 0 Å². The number of hydrogen-bond donors (Lipinski definition) is 1. The standard InChI is InChI=1S/C16H28N2O2/c1-4-18(5-2)10-12-20-16-8-6-7-15(13-16)14-17-9-11-19-3/h6-8,13,17H,4-5,9-12,14H2,1-3H3. The van der Waals surface area contributed by atoms with Gasteiger partial charge in [0.2, 0.25) is 0 Å². The maximum Gasteiger partial charge on any atom is 0.119 e. The molecule has 114 valence electrons. The van der Waals surface area contributed by atoms with Crippen molar-refractivity contribution in [2.45, 2.75) is 20.4 Å². The largest absolute Gasteiger partial charge is 0.492 e. The molecule has 1 aromatic carbocycles. The minimum atomic E-state index is 0.736. The third-order valence-electron chi connectivity index (χ3n) is 3.28. The molecule has 0 saturated heterocycles. The molecule has 0 aromatic heterocycles. The van der Waals surface area contributed by atoms with Gasteiger partial charge in [0, 0.05) is 26.7 Å². The van der Waals surface area contributed by atoms with Gasteiger partial charge < -0.3 is 19.7 Å². The molecule has 0 heterocycles. The van der Waals surface area contributed by atoms with Crippen LogP contribution in [0.1, 0.15) is 19.4 Å². The summed E-state index contributed by atoms with van der Waals surface area (Å²) in [5, 5.41) is 3.33. The minimum absolute atomic E-state index is 0.736. The van der Waals surface area contributed by atoms with Crippen molar-refractivity contribution in [2.75, 3.05) is 46.5 Å². The number of hydrogen-bond acceptors (Lipinski definition) is 4. The van der Waals surface area contributed by atoms with E-state index in [1.165, 1.54) is 5.56 Å². The summed E-state index contributed by atoms with van der Waals surface area (Å²) in [5.41, 5.74) is 1.24. The van der Waals surface area contributed by atoms with Gasteiger partial charge in [0.25, 0.3) is 0 Å². The van der Waals surface area contributed by atoms with E-state index in [1.54, 1.807) is 7.11 Å². The van der Waals surface area contributed by atoms with Crippen LogP contribution in [0.25, 0.3) is 0 Å². The predicted octanol–water partition coefficient (Wildman–Crippen LogP) is 2.14. The van der Waals surface area contributed by atoms with Crippen LogP contribution in [0.5, 0.6) is 5.75 Å². The van der Waals surface area contributed by atoms with Crippen LogP contribution in [0.3, 0.4) is 0 Å². The van der Waals surface area contributed by atoms with Crippen molar-refractivity contribution >= 4 is 0 Å². The highest BCUT2D eigenvalue weighted by Gasteiger charge is 2.00. The molecule has 0 atom stereocenters. The van der Waals surface area contributed by atoms with Gasteiger partial charge >= 0.3 is 0 Å². The smallest absolute Gasteiger partial charge is 0.119 e. The molecule has 0 bridgehead atoms. The predicted molar refractivity (Wildman–Crippen MR) is 83.3 cm³/mol. The van der Waals surface area contributed by atoms with Gasteiger partial charge in [-0.15, -0.1) is 0 Å². The second-order valence-electron chi connectivity index (χ2n) is 4.69. The van der Waals surface area contributed by atoms with E-state index in [1.807, 2.05) is 12.1 Å². The van der Waals surface area contributed by atoms with Gasteiger partial charge in [0.1, 0.15) is 12.4 Å². The van der Waals surface area contributed by atoms with Crippen molar-refractivity contribution in [1.29, 1.82) is 0 Å². The van der Waals surface area contributed by atoms with Crippen molar-refractivity contribution < 1.29 is 9.47 Å². The molecule has 1 rings (SSSR count). The van der Waals surface area contributed by atoms with Gasteiger partial charge in [0.05, 0.1) is 6.61 Å². The third kappa shape index (κ3) is 6.89. The first-order valence-corrected chi connectivity index (χ1v) is 7.43. The SMILES string of the molecule is CCN(CC)CCOc1cccc(CNCCOC)c1. The Balaban J connectivity index is 2.31. The second-order valence-corrected chi connectivity index (χ2v) is 4.69.